The SMILES string of the molecule is C=CCNc1nc(NCCOCCOCCN)nc(OCCCC)n1. The molecule has 1 heterocycles. The van der Waals surface area contributed by atoms with Crippen molar-refractivity contribution in [2.75, 3.05) is 63.3 Å². The van der Waals surface area contributed by atoms with Gasteiger partial charge in [-0.05, 0) is 6.42 Å². The smallest absolute Gasteiger partial charge is 0.323 e. The Morgan fingerprint density at radius 1 is 1.00 bits per heavy atom. The number of rotatable bonds is 16. The predicted octanol–water partition coefficient (Wildman–Crippen LogP) is 1.05. The molecule has 0 atom stereocenters. The summed E-state index contributed by atoms with van der Waals surface area (Å²) in [6.07, 6.45) is 3.73. The van der Waals surface area contributed by atoms with Crippen molar-refractivity contribution in [1.82, 2.24) is 15.0 Å². The minimum absolute atomic E-state index is 0.300. The Morgan fingerprint density at radius 2 is 1.72 bits per heavy atom. The van der Waals surface area contributed by atoms with Crippen LogP contribution in [-0.4, -0.2) is 67.6 Å². The number of aromatic nitrogens is 3. The first-order valence-corrected chi connectivity index (χ1v) is 8.63. The van der Waals surface area contributed by atoms with Crippen molar-refractivity contribution >= 4 is 11.9 Å². The normalized spacial score (nSPS) is 10.5. The van der Waals surface area contributed by atoms with E-state index in [4.69, 9.17) is 19.9 Å². The summed E-state index contributed by atoms with van der Waals surface area (Å²) >= 11 is 0. The summed E-state index contributed by atoms with van der Waals surface area (Å²) in [6.45, 7) is 10.1. The number of hydrogen-bond donors (Lipinski definition) is 3. The van der Waals surface area contributed by atoms with Crippen LogP contribution >= 0.6 is 0 Å². The lowest BCUT2D eigenvalue weighted by atomic mass is 10.4. The first-order chi connectivity index (χ1) is 12.3. The third-order valence-electron chi connectivity index (χ3n) is 2.91. The van der Waals surface area contributed by atoms with Crippen LogP contribution in [0.5, 0.6) is 6.01 Å². The van der Waals surface area contributed by atoms with E-state index in [9.17, 15) is 0 Å². The molecule has 142 valence electrons. The van der Waals surface area contributed by atoms with Gasteiger partial charge in [-0.1, -0.05) is 19.4 Å². The maximum absolute atomic E-state index is 5.56. The van der Waals surface area contributed by atoms with E-state index in [0.717, 1.165) is 12.8 Å². The van der Waals surface area contributed by atoms with Crippen molar-refractivity contribution in [2.45, 2.75) is 19.8 Å². The highest BCUT2D eigenvalue weighted by Crippen LogP contribution is 2.11. The molecule has 0 fully saturated rings. The van der Waals surface area contributed by atoms with Gasteiger partial charge in [0.05, 0.1) is 33.0 Å². The second kappa shape index (κ2) is 14.4. The first kappa shape index (κ1) is 21.1. The van der Waals surface area contributed by atoms with Crippen molar-refractivity contribution in [2.24, 2.45) is 5.73 Å². The van der Waals surface area contributed by atoms with Crippen LogP contribution in [0.3, 0.4) is 0 Å². The van der Waals surface area contributed by atoms with Crippen LogP contribution in [0.25, 0.3) is 0 Å². The zero-order chi connectivity index (χ0) is 18.2. The zero-order valence-corrected chi connectivity index (χ0v) is 15.0. The second-order valence-corrected chi connectivity index (χ2v) is 5.08. The maximum Gasteiger partial charge on any atom is 0.323 e. The van der Waals surface area contributed by atoms with E-state index in [1.165, 1.54) is 0 Å². The van der Waals surface area contributed by atoms with Crippen LogP contribution in [0.4, 0.5) is 11.9 Å². The van der Waals surface area contributed by atoms with E-state index in [1.54, 1.807) is 6.08 Å². The van der Waals surface area contributed by atoms with Gasteiger partial charge < -0.3 is 30.6 Å². The van der Waals surface area contributed by atoms with Gasteiger partial charge in [-0.15, -0.1) is 6.58 Å². The quantitative estimate of drug-likeness (QED) is 0.296. The summed E-state index contributed by atoms with van der Waals surface area (Å²) < 4.78 is 16.2. The fourth-order valence-electron chi connectivity index (χ4n) is 1.69. The van der Waals surface area contributed by atoms with Crippen molar-refractivity contribution in [1.29, 1.82) is 0 Å². The third kappa shape index (κ3) is 10.5. The number of nitrogens with two attached hydrogens (primary N) is 1. The van der Waals surface area contributed by atoms with Gasteiger partial charge in [-0.2, -0.15) is 15.0 Å². The van der Waals surface area contributed by atoms with E-state index >= 15 is 0 Å². The van der Waals surface area contributed by atoms with Gasteiger partial charge in [0.1, 0.15) is 0 Å². The highest BCUT2D eigenvalue weighted by atomic mass is 16.5. The molecular formula is C16H30N6O3. The lowest BCUT2D eigenvalue weighted by molar-refractivity contribution is 0.0547. The Bertz CT molecular complexity index is 475. The molecular weight excluding hydrogens is 324 g/mol. The lowest BCUT2D eigenvalue weighted by Gasteiger charge is -2.10. The Labute approximate surface area is 149 Å². The molecule has 0 aliphatic rings. The second-order valence-electron chi connectivity index (χ2n) is 5.08. The average Bonchev–Trinajstić information content (AvgIpc) is 2.62. The van der Waals surface area contributed by atoms with Gasteiger partial charge in [-0.3, -0.25) is 0 Å². The Morgan fingerprint density at radius 3 is 2.40 bits per heavy atom. The number of anilines is 2. The average molecular weight is 354 g/mol. The van der Waals surface area contributed by atoms with Crippen LogP contribution in [0.15, 0.2) is 12.7 Å². The number of ether oxygens (including phenoxy) is 3. The molecule has 1 rings (SSSR count). The molecule has 25 heavy (non-hydrogen) atoms. The standard InChI is InChI=1S/C16H30N6O3/c1-3-5-9-25-16-21-14(18-7-4-2)20-15(22-16)19-8-11-24-13-12-23-10-6-17/h4H,2-3,5-13,17H2,1H3,(H2,18,19,20,21,22). The Balaban J connectivity index is 2.41. The molecule has 0 saturated carbocycles. The van der Waals surface area contributed by atoms with E-state index < -0.39 is 0 Å². The molecule has 0 aromatic carbocycles. The summed E-state index contributed by atoms with van der Waals surface area (Å²) in [5.41, 5.74) is 5.33. The largest absolute Gasteiger partial charge is 0.463 e. The molecule has 0 unspecified atom stereocenters. The molecule has 4 N–H and O–H groups in total. The Kier molecular flexibility index (Phi) is 12.1. The van der Waals surface area contributed by atoms with Gasteiger partial charge in [0.25, 0.3) is 0 Å². The number of hydrogen-bond acceptors (Lipinski definition) is 9. The molecule has 0 radical (unpaired) electrons. The van der Waals surface area contributed by atoms with Crippen molar-refractivity contribution in [3.8, 4) is 6.01 Å². The minimum Gasteiger partial charge on any atom is -0.463 e. The van der Waals surface area contributed by atoms with Gasteiger partial charge in [-0.25, -0.2) is 0 Å². The predicted molar refractivity (Wildman–Crippen MR) is 98.1 cm³/mol. The molecule has 0 amide bonds. The molecule has 1 aromatic rings. The third-order valence-corrected chi connectivity index (χ3v) is 2.91. The number of nitrogens with one attached hydrogen (secondary N) is 2. The Hall–Kier alpha value is -1.97. The molecule has 1 aromatic heterocycles. The summed E-state index contributed by atoms with van der Waals surface area (Å²) in [4.78, 5) is 12.8. The van der Waals surface area contributed by atoms with E-state index in [0.29, 0.717) is 70.6 Å². The zero-order valence-electron chi connectivity index (χ0n) is 15.0. The summed E-state index contributed by atoms with van der Waals surface area (Å²) in [6, 6.07) is 0.300. The molecule has 0 aliphatic heterocycles. The minimum atomic E-state index is 0.300. The summed E-state index contributed by atoms with van der Waals surface area (Å²) in [7, 11) is 0. The van der Waals surface area contributed by atoms with Crippen LogP contribution in [0.2, 0.25) is 0 Å². The van der Waals surface area contributed by atoms with Crippen molar-refractivity contribution < 1.29 is 14.2 Å². The first-order valence-electron chi connectivity index (χ1n) is 8.63. The fraction of sp³-hybridized carbons (Fsp3) is 0.688. The van der Waals surface area contributed by atoms with Crippen LogP contribution < -0.4 is 21.1 Å². The molecule has 9 heteroatoms. The van der Waals surface area contributed by atoms with Gasteiger partial charge in [0.15, 0.2) is 0 Å². The molecule has 0 bridgehead atoms. The van der Waals surface area contributed by atoms with E-state index in [1.807, 2.05) is 0 Å². The molecule has 0 saturated heterocycles. The number of nitrogens with zero attached hydrogens (tertiary/aromatic N) is 3. The molecule has 0 spiro atoms. The highest BCUT2D eigenvalue weighted by molar-refractivity contribution is 5.36. The van der Waals surface area contributed by atoms with E-state index in [2.05, 4.69) is 39.1 Å². The van der Waals surface area contributed by atoms with Gasteiger partial charge in [0, 0.05) is 19.6 Å². The monoisotopic (exact) mass is 354 g/mol. The fourth-order valence-corrected chi connectivity index (χ4v) is 1.69. The number of unbranched alkanes of at least 4 members (excludes halogenated alkanes) is 1. The summed E-state index contributed by atoms with van der Waals surface area (Å²) in [5.74, 6) is 0.885. The van der Waals surface area contributed by atoms with Gasteiger partial charge in [0.2, 0.25) is 11.9 Å². The maximum atomic E-state index is 5.56. The topological polar surface area (TPSA) is 116 Å². The highest BCUT2D eigenvalue weighted by Gasteiger charge is 2.07. The molecule has 9 nitrogen and oxygen atoms in total. The molecule has 0 aliphatic carbocycles. The van der Waals surface area contributed by atoms with E-state index in [-0.39, 0.29) is 0 Å². The van der Waals surface area contributed by atoms with Gasteiger partial charge >= 0.3 is 6.01 Å². The lowest BCUT2D eigenvalue weighted by Crippen LogP contribution is -2.17. The van der Waals surface area contributed by atoms with Crippen LogP contribution in [-0.2, 0) is 9.47 Å². The van der Waals surface area contributed by atoms with Crippen molar-refractivity contribution in [3.63, 3.8) is 0 Å². The van der Waals surface area contributed by atoms with Crippen LogP contribution in [0.1, 0.15) is 19.8 Å². The van der Waals surface area contributed by atoms with Crippen LogP contribution in [0, 0.1) is 0 Å². The summed E-state index contributed by atoms with van der Waals surface area (Å²) in [5, 5.41) is 6.14. The van der Waals surface area contributed by atoms with Crippen molar-refractivity contribution in [3.05, 3.63) is 12.7 Å².